The molecule has 0 bridgehead atoms. The van der Waals surface area contributed by atoms with Crippen LogP contribution in [-0.2, 0) is 17.6 Å². The molecule has 1 aromatic heterocycles. The van der Waals surface area contributed by atoms with Crippen LogP contribution in [0.4, 0.5) is 18.9 Å². The van der Waals surface area contributed by atoms with E-state index in [1.54, 1.807) is 11.0 Å². The number of rotatable bonds is 6. The van der Waals surface area contributed by atoms with Crippen LogP contribution in [0.1, 0.15) is 25.5 Å². The van der Waals surface area contributed by atoms with Gasteiger partial charge < -0.3 is 9.88 Å². The summed E-state index contributed by atoms with van der Waals surface area (Å²) in [5.41, 5.74) is -1.07. The Morgan fingerprint density at radius 2 is 1.80 bits per heavy atom. The molecule has 11 heteroatoms. The SMILES string of the molecule is CC(C)n1cnn(CN2CCN(CC(=O)Nc3ccccc3C(F)(F)F)CC2)c1=S. The van der Waals surface area contributed by atoms with Crippen molar-refractivity contribution in [3.63, 3.8) is 0 Å². The van der Waals surface area contributed by atoms with Crippen molar-refractivity contribution >= 4 is 23.8 Å². The molecule has 2 heterocycles. The van der Waals surface area contributed by atoms with Crippen LogP contribution >= 0.6 is 12.2 Å². The highest BCUT2D eigenvalue weighted by Gasteiger charge is 2.33. The minimum absolute atomic E-state index is 0.0431. The van der Waals surface area contributed by atoms with Gasteiger partial charge in [-0.2, -0.15) is 18.3 Å². The van der Waals surface area contributed by atoms with Crippen LogP contribution in [0.25, 0.3) is 0 Å². The summed E-state index contributed by atoms with van der Waals surface area (Å²) < 4.78 is 43.6. The van der Waals surface area contributed by atoms with Gasteiger partial charge in [0.15, 0.2) is 4.77 Å². The van der Waals surface area contributed by atoms with E-state index >= 15 is 0 Å². The number of piperazine rings is 1. The summed E-state index contributed by atoms with van der Waals surface area (Å²) in [6.45, 7) is 7.38. The van der Waals surface area contributed by atoms with E-state index in [1.165, 1.54) is 18.2 Å². The molecule has 0 unspecified atom stereocenters. The second-order valence-electron chi connectivity index (χ2n) is 7.54. The Bertz CT molecular complexity index is 931. The van der Waals surface area contributed by atoms with E-state index in [0.29, 0.717) is 37.6 Å². The number of hydrogen-bond donors (Lipinski definition) is 1. The van der Waals surface area contributed by atoms with Gasteiger partial charge in [0.1, 0.15) is 6.33 Å². The second kappa shape index (κ2) is 9.27. The van der Waals surface area contributed by atoms with Gasteiger partial charge in [0.05, 0.1) is 24.5 Å². The van der Waals surface area contributed by atoms with E-state index in [4.69, 9.17) is 12.2 Å². The van der Waals surface area contributed by atoms with Crippen LogP contribution in [0.3, 0.4) is 0 Å². The molecule has 7 nitrogen and oxygen atoms in total. The lowest BCUT2D eigenvalue weighted by atomic mass is 10.1. The van der Waals surface area contributed by atoms with Gasteiger partial charge in [-0.1, -0.05) is 12.1 Å². The number of carbonyl (C=O) groups excluding carboxylic acids is 1. The first-order valence-electron chi connectivity index (χ1n) is 9.70. The fourth-order valence-corrected chi connectivity index (χ4v) is 3.67. The van der Waals surface area contributed by atoms with Crippen LogP contribution in [0.15, 0.2) is 30.6 Å². The zero-order valence-corrected chi connectivity index (χ0v) is 17.7. The van der Waals surface area contributed by atoms with Crippen molar-refractivity contribution in [2.24, 2.45) is 0 Å². The van der Waals surface area contributed by atoms with Crippen molar-refractivity contribution in [2.75, 3.05) is 38.0 Å². The summed E-state index contributed by atoms with van der Waals surface area (Å²) in [4.78, 5) is 16.4. The van der Waals surface area contributed by atoms with E-state index in [2.05, 4.69) is 15.3 Å². The number of para-hydroxylation sites is 1. The van der Waals surface area contributed by atoms with E-state index in [9.17, 15) is 18.0 Å². The minimum atomic E-state index is -4.51. The first-order valence-corrected chi connectivity index (χ1v) is 10.1. The largest absolute Gasteiger partial charge is 0.418 e. The van der Waals surface area contributed by atoms with E-state index in [-0.39, 0.29) is 18.3 Å². The Morgan fingerprint density at radius 3 is 2.40 bits per heavy atom. The molecular weight excluding hydrogens is 417 g/mol. The molecule has 0 atom stereocenters. The number of aromatic nitrogens is 3. The minimum Gasteiger partial charge on any atom is -0.324 e. The lowest BCUT2D eigenvalue weighted by Crippen LogP contribution is -2.49. The van der Waals surface area contributed by atoms with Crippen LogP contribution in [0.2, 0.25) is 0 Å². The smallest absolute Gasteiger partial charge is 0.324 e. The summed E-state index contributed by atoms with van der Waals surface area (Å²) in [6, 6.07) is 5.23. The molecule has 164 valence electrons. The molecule has 3 rings (SSSR count). The Kier molecular flexibility index (Phi) is 6.94. The molecule has 2 aromatic rings. The third-order valence-corrected chi connectivity index (χ3v) is 5.41. The number of benzene rings is 1. The highest BCUT2D eigenvalue weighted by molar-refractivity contribution is 7.71. The summed E-state index contributed by atoms with van der Waals surface area (Å²) in [6.07, 6.45) is -2.79. The first-order chi connectivity index (χ1) is 14.1. The molecule has 1 amide bonds. The van der Waals surface area contributed by atoms with Gasteiger partial charge in [0.2, 0.25) is 5.91 Å². The van der Waals surface area contributed by atoms with E-state index in [0.717, 1.165) is 6.07 Å². The Morgan fingerprint density at radius 1 is 1.17 bits per heavy atom. The summed E-state index contributed by atoms with van der Waals surface area (Å²) in [5.74, 6) is -0.460. The second-order valence-corrected chi connectivity index (χ2v) is 7.91. The van der Waals surface area contributed by atoms with Gasteiger partial charge in [-0.05, 0) is 38.2 Å². The topological polar surface area (TPSA) is 58.3 Å². The van der Waals surface area contributed by atoms with Crippen molar-refractivity contribution in [1.29, 1.82) is 0 Å². The third kappa shape index (κ3) is 5.46. The highest BCUT2D eigenvalue weighted by Crippen LogP contribution is 2.34. The van der Waals surface area contributed by atoms with Gasteiger partial charge in [-0.15, -0.1) is 0 Å². The number of anilines is 1. The first kappa shape index (κ1) is 22.4. The molecule has 30 heavy (non-hydrogen) atoms. The maximum Gasteiger partial charge on any atom is 0.418 e. The molecule has 0 radical (unpaired) electrons. The number of amides is 1. The molecule has 1 aliphatic rings. The Labute approximate surface area is 178 Å². The van der Waals surface area contributed by atoms with Gasteiger partial charge in [-0.3, -0.25) is 14.6 Å². The average Bonchev–Trinajstić information content (AvgIpc) is 3.03. The van der Waals surface area contributed by atoms with Crippen LogP contribution < -0.4 is 5.32 Å². The van der Waals surface area contributed by atoms with Crippen LogP contribution in [0.5, 0.6) is 0 Å². The standard InChI is InChI=1S/C19H25F3N6OS/c1-14(2)27-12-23-28(18(27)30)13-26-9-7-25(8-10-26)11-17(29)24-16-6-4-3-5-15(16)19(20,21)22/h3-6,12,14H,7-11,13H2,1-2H3,(H,24,29). The molecule has 0 aliphatic carbocycles. The molecule has 1 aromatic carbocycles. The van der Waals surface area contributed by atoms with Crippen LogP contribution in [-0.4, -0.2) is 62.8 Å². The average molecular weight is 443 g/mol. The Balaban J connectivity index is 1.51. The number of hydrogen-bond acceptors (Lipinski definition) is 5. The van der Waals surface area contributed by atoms with Crippen molar-refractivity contribution < 1.29 is 18.0 Å². The molecular formula is C19H25F3N6OS. The predicted octanol–water partition coefficient (Wildman–Crippen LogP) is 3.23. The van der Waals surface area contributed by atoms with Crippen molar-refractivity contribution in [1.82, 2.24) is 24.1 Å². The zero-order valence-electron chi connectivity index (χ0n) is 16.9. The highest BCUT2D eigenvalue weighted by atomic mass is 32.1. The predicted molar refractivity (Wildman–Crippen MR) is 110 cm³/mol. The Hall–Kier alpha value is -2.24. The maximum absolute atomic E-state index is 13.1. The van der Waals surface area contributed by atoms with Crippen molar-refractivity contribution in [3.05, 3.63) is 40.9 Å². The summed E-state index contributed by atoms with van der Waals surface area (Å²) in [7, 11) is 0. The van der Waals surface area contributed by atoms with Gasteiger partial charge in [-0.25, -0.2) is 4.68 Å². The fraction of sp³-hybridized carbons (Fsp3) is 0.526. The molecule has 1 aliphatic heterocycles. The normalized spacial score (nSPS) is 16.2. The third-order valence-electron chi connectivity index (χ3n) is 4.99. The molecule has 0 saturated carbocycles. The fourth-order valence-electron chi connectivity index (χ4n) is 3.31. The lowest BCUT2D eigenvalue weighted by molar-refractivity contribution is -0.137. The molecule has 0 spiro atoms. The number of alkyl halides is 3. The zero-order chi connectivity index (χ0) is 21.9. The molecule has 1 N–H and O–H groups in total. The monoisotopic (exact) mass is 442 g/mol. The number of nitrogens with zero attached hydrogens (tertiary/aromatic N) is 5. The van der Waals surface area contributed by atoms with Gasteiger partial charge in [0, 0.05) is 32.2 Å². The maximum atomic E-state index is 13.1. The van der Waals surface area contributed by atoms with E-state index < -0.39 is 17.6 Å². The van der Waals surface area contributed by atoms with Crippen LogP contribution in [0, 0.1) is 4.77 Å². The number of nitrogens with one attached hydrogen (secondary N) is 1. The van der Waals surface area contributed by atoms with Gasteiger partial charge >= 0.3 is 6.18 Å². The number of carbonyl (C=O) groups is 1. The van der Waals surface area contributed by atoms with E-state index in [1.807, 2.05) is 23.3 Å². The lowest BCUT2D eigenvalue weighted by Gasteiger charge is -2.34. The molecule has 1 saturated heterocycles. The van der Waals surface area contributed by atoms with Crippen molar-refractivity contribution in [2.45, 2.75) is 32.7 Å². The quantitative estimate of drug-likeness (QED) is 0.697. The summed E-state index contributed by atoms with van der Waals surface area (Å²) >= 11 is 5.44. The van der Waals surface area contributed by atoms with Gasteiger partial charge in [0.25, 0.3) is 0 Å². The number of halogens is 3. The van der Waals surface area contributed by atoms with Crippen molar-refractivity contribution in [3.8, 4) is 0 Å². The molecule has 1 fully saturated rings. The summed E-state index contributed by atoms with van der Waals surface area (Å²) in [5, 5.41) is 6.73.